The highest BCUT2D eigenvalue weighted by Gasteiger charge is 2.12. The van der Waals surface area contributed by atoms with Crippen molar-refractivity contribution >= 4 is 17.4 Å². The standard InChI is InChI=1S/C20H19N5O5/c1-13(19(28)29-2)14-4-6-15(7-5-14)30-11-9-21-17(26)16-12-22-20(24-18(16)27)25-10-3-8-23-25/h3-8,10,12H,1,9,11H2,2H3,(H,21,26)(H,22,24,27). The zero-order valence-electron chi connectivity index (χ0n) is 16.1. The quantitative estimate of drug-likeness (QED) is 0.322. The summed E-state index contributed by atoms with van der Waals surface area (Å²) in [4.78, 5) is 42.3. The number of methoxy groups -OCH3 is 1. The molecule has 0 fully saturated rings. The molecule has 1 amide bonds. The molecular weight excluding hydrogens is 390 g/mol. The van der Waals surface area contributed by atoms with Crippen LogP contribution in [0.1, 0.15) is 15.9 Å². The maximum absolute atomic E-state index is 12.2. The second-order valence-electron chi connectivity index (χ2n) is 6.00. The molecule has 30 heavy (non-hydrogen) atoms. The van der Waals surface area contributed by atoms with Gasteiger partial charge in [0.25, 0.3) is 11.5 Å². The van der Waals surface area contributed by atoms with Crippen molar-refractivity contribution < 1.29 is 19.1 Å². The molecule has 0 saturated heterocycles. The second-order valence-corrected chi connectivity index (χ2v) is 6.00. The van der Waals surface area contributed by atoms with Crippen LogP contribution in [0.25, 0.3) is 11.5 Å². The number of H-pyrrole nitrogens is 1. The molecule has 0 radical (unpaired) electrons. The zero-order chi connectivity index (χ0) is 21.5. The van der Waals surface area contributed by atoms with Gasteiger partial charge >= 0.3 is 5.97 Å². The summed E-state index contributed by atoms with van der Waals surface area (Å²) in [6.45, 7) is 4.03. The molecule has 0 spiro atoms. The number of rotatable bonds is 8. The van der Waals surface area contributed by atoms with E-state index < -0.39 is 17.4 Å². The average molecular weight is 409 g/mol. The van der Waals surface area contributed by atoms with Gasteiger partial charge in [0.2, 0.25) is 5.95 Å². The highest BCUT2D eigenvalue weighted by molar-refractivity contribution is 6.15. The SMILES string of the molecule is C=C(C(=O)OC)c1ccc(OCCNC(=O)c2cnc(-n3cccn3)[nH]c2=O)cc1. The zero-order valence-corrected chi connectivity index (χ0v) is 16.1. The molecule has 154 valence electrons. The van der Waals surface area contributed by atoms with Gasteiger partial charge in [-0.1, -0.05) is 18.7 Å². The summed E-state index contributed by atoms with van der Waals surface area (Å²) in [7, 11) is 1.29. The number of amides is 1. The summed E-state index contributed by atoms with van der Waals surface area (Å²) in [5, 5.41) is 6.55. The number of hydrogen-bond donors (Lipinski definition) is 2. The highest BCUT2D eigenvalue weighted by Crippen LogP contribution is 2.18. The van der Waals surface area contributed by atoms with Gasteiger partial charge in [0.15, 0.2) is 0 Å². The van der Waals surface area contributed by atoms with E-state index in [0.717, 1.165) is 0 Å². The van der Waals surface area contributed by atoms with Crippen LogP contribution in [0.3, 0.4) is 0 Å². The van der Waals surface area contributed by atoms with Crippen LogP contribution in [0.5, 0.6) is 5.75 Å². The third-order valence-electron chi connectivity index (χ3n) is 4.04. The van der Waals surface area contributed by atoms with Gasteiger partial charge in [-0.05, 0) is 23.8 Å². The predicted octanol–water partition coefficient (Wildman–Crippen LogP) is 0.951. The first kappa shape index (κ1) is 20.5. The molecule has 2 heterocycles. The molecule has 10 nitrogen and oxygen atoms in total. The minimum absolute atomic E-state index is 0.114. The van der Waals surface area contributed by atoms with Crippen LogP contribution in [-0.4, -0.2) is 51.9 Å². The monoisotopic (exact) mass is 409 g/mol. The van der Waals surface area contributed by atoms with Crippen LogP contribution in [0, 0.1) is 0 Å². The minimum Gasteiger partial charge on any atom is -0.492 e. The Morgan fingerprint density at radius 3 is 2.67 bits per heavy atom. The smallest absolute Gasteiger partial charge is 0.337 e. The number of hydrogen-bond acceptors (Lipinski definition) is 7. The lowest BCUT2D eigenvalue weighted by molar-refractivity contribution is -0.133. The van der Waals surface area contributed by atoms with Gasteiger partial charge in [-0.2, -0.15) is 5.10 Å². The van der Waals surface area contributed by atoms with Crippen molar-refractivity contribution in [3.05, 3.63) is 77.0 Å². The van der Waals surface area contributed by atoms with Crippen LogP contribution >= 0.6 is 0 Å². The van der Waals surface area contributed by atoms with Crippen LogP contribution in [0.2, 0.25) is 0 Å². The lowest BCUT2D eigenvalue weighted by Gasteiger charge is -2.09. The number of esters is 1. The fourth-order valence-corrected chi connectivity index (χ4v) is 2.48. The number of aromatic amines is 1. The van der Waals surface area contributed by atoms with E-state index in [1.54, 1.807) is 42.7 Å². The normalized spacial score (nSPS) is 10.3. The molecule has 0 atom stereocenters. The van der Waals surface area contributed by atoms with E-state index in [1.165, 1.54) is 18.0 Å². The predicted molar refractivity (Wildman–Crippen MR) is 107 cm³/mol. The van der Waals surface area contributed by atoms with E-state index in [-0.39, 0.29) is 30.2 Å². The molecule has 0 aliphatic carbocycles. The van der Waals surface area contributed by atoms with Crippen LogP contribution in [0.4, 0.5) is 0 Å². The van der Waals surface area contributed by atoms with Crippen molar-refractivity contribution in [1.82, 2.24) is 25.1 Å². The van der Waals surface area contributed by atoms with E-state index in [0.29, 0.717) is 11.3 Å². The molecule has 0 aliphatic heterocycles. The lowest BCUT2D eigenvalue weighted by atomic mass is 10.1. The number of carbonyl (C=O) groups excluding carboxylic acids is 2. The number of aromatic nitrogens is 4. The molecule has 0 aliphatic rings. The van der Waals surface area contributed by atoms with Gasteiger partial charge < -0.3 is 14.8 Å². The van der Waals surface area contributed by atoms with Crippen LogP contribution < -0.4 is 15.6 Å². The molecule has 2 aromatic heterocycles. The van der Waals surface area contributed by atoms with Crippen molar-refractivity contribution in [2.45, 2.75) is 0 Å². The van der Waals surface area contributed by atoms with Crippen molar-refractivity contribution in [2.24, 2.45) is 0 Å². The maximum Gasteiger partial charge on any atom is 0.337 e. The van der Waals surface area contributed by atoms with Crippen molar-refractivity contribution in [3.8, 4) is 11.7 Å². The molecule has 0 unspecified atom stereocenters. The van der Waals surface area contributed by atoms with E-state index in [4.69, 9.17) is 4.74 Å². The van der Waals surface area contributed by atoms with Crippen LogP contribution in [-0.2, 0) is 9.53 Å². The number of ether oxygens (including phenoxy) is 2. The van der Waals surface area contributed by atoms with Gasteiger partial charge in [-0.3, -0.25) is 14.6 Å². The van der Waals surface area contributed by atoms with Crippen molar-refractivity contribution in [1.29, 1.82) is 0 Å². The Morgan fingerprint density at radius 2 is 2.03 bits per heavy atom. The summed E-state index contributed by atoms with van der Waals surface area (Å²) in [6, 6.07) is 8.39. The number of nitrogens with zero attached hydrogens (tertiary/aromatic N) is 3. The van der Waals surface area contributed by atoms with Gasteiger partial charge in [0, 0.05) is 18.6 Å². The molecule has 10 heteroatoms. The topological polar surface area (TPSA) is 128 Å². The third-order valence-corrected chi connectivity index (χ3v) is 4.04. The number of nitrogens with one attached hydrogen (secondary N) is 2. The first-order valence-corrected chi connectivity index (χ1v) is 8.87. The average Bonchev–Trinajstić information content (AvgIpc) is 3.31. The summed E-state index contributed by atoms with van der Waals surface area (Å²) >= 11 is 0. The Balaban J connectivity index is 1.50. The Morgan fingerprint density at radius 1 is 1.27 bits per heavy atom. The third kappa shape index (κ3) is 4.79. The Bertz CT molecular complexity index is 1100. The van der Waals surface area contributed by atoms with Gasteiger partial charge in [-0.25, -0.2) is 14.5 Å². The minimum atomic E-state index is -0.574. The Kier molecular flexibility index (Phi) is 6.38. The summed E-state index contributed by atoms with van der Waals surface area (Å²) in [5.41, 5.74) is 0.174. The molecule has 3 rings (SSSR count). The van der Waals surface area contributed by atoms with Crippen molar-refractivity contribution in [3.63, 3.8) is 0 Å². The molecule has 0 bridgehead atoms. The van der Waals surface area contributed by atoms with E-state index in [9.17, 15) is 14.4 Å². The fourth-order valence-electron chi connectivity index (χ4n) is 2.48. The number of carbonyl (C=O) groups is 2. The lowest BCUT2D eigenvalue weighted by Crippen LogP contribution is -2.33. The molecule has 0 saturated carbocycles. The van der Waals surface area contributed by atoms with Gasteiger partial charge in [0.1, 0.15) is 17.9 Å². The van der Waals surface area contributed by atoms with Crippen LogP contribution in [0.15, 0.2) is 60.3 Å². The first-order valence-electron chi connectivity index (χ1n) is 8.87. The summed E-state index contributed by atoms with van der Waals surface area (Å²) in [6.07, 6.45) is 4.36. The second kappa shape index (κ2) is 9.32. The first-order chi connectivity index (χ1) is 14.5. The Labute approximate surface area is 171 Å². The molecule has 2 N–H and O–H groups in total. The summed E-state index contributed by atoms with van der Waals surface area (Å²) in [5.74, 6) is -0.311. The van der Waals surface area contributed by atoms with E-state index in [1.807, 2.05) is 0 Å². The highest BCUT2D eigenvalue weighted by atomic mass is 16.5. The van der Waals surface area contributed by atoms with E-state index in [2.05, 4.69) is 31.7 Å². The van der Waals surface area contributed by atoms with Gasteiger partial charge in [0.05, 0.1) is 19.2 Å². The van der Waals surface area contributed by atoms with Gasteiger partial charge in [-0.15, -0.1) is 0 Å². The summed E-state index contributed by atoms with van der Waals surface area (Å²) < 4.78 is 11.5. The maximum atomic E-state index is 12.2. The fraction of sp³-hybridized carbons (Fsp3) is 0.150. The molecule has 1 aromatic carbocycles. The largest absolute Gasteiger partial charge is 0.492 e. The van der Waals surface area contributed by atoms with Crippen molar-refractivity contribution in [2.75, 3.05) is 20.3 Å². The number of benzene rings is 1. The van der Waals surface area contributed by atoms with E-state index >= 15 is 0 Å². The Hall–Kier alpha value is -4.21. The molecule has 3 aromatic rings. The molecular formula is C20H19N5O5.